The van der Waals surface area contributed by atoms with Crippen LogP contribution < -0.4 is 10.9 Å². The van der Waals surface area contributed by atoms with Crippen LogP contribution in [0.25, 0.3) is 21.3 Å². The van der Waals surface area contributed by atoms with Crippen molar-refractivity contribution in [3.8, 4) is 0 Å². The fourth-order valence-electron chi connectivity index (χ4n) is 4.13. The number of nitrogens with zero attached hydrogens (tertiary/aromatic N) is 1. The zero-order valence-corrected chi connectivity index (χ0v) is 20.9. The molecule has 0 atom stereocenters. The average molecular weight is 541 g/mol. The van der Waals surface area contributed by atoms with E-state index in [-0.39, 0.29) is 32.8 Å². The zero-order valence-electron chi connectivity index (χ0n) is 18.4. The molecule has 7 nitrogen and oxygen atoms in total. The third-order valence-electron chi connectivity index (χ3n) is 5.81. The van der Waals surface area contributed by atoms with Crippen LogP contribution in [0.5, 0.6) is 0 Å². The summed E-state index contributed by atoms with van der Waals surface area (Å²) in [6.07, 6.45) is 1.72. The summed E-state index contributed by atoms with van der Waals surface area (Å²) < 4.78 is 8.29. The Kier molecular flexibility index (Phi) is 5.81. The first-order valence-electron chi connectivity index (χ1n) is 10.6. The Morgan fingerprint density at radius 1 is 1.18 bits per heavy atom. The minimum atomic E-state index is -0.466. The van der Waals surface area contributed by atoms with E-state index < -0.39 is 5.97 Å². The predicted molar refractivity (Wildman–Crippen MR) is 134 cm³/mol. The second-order valence-corrected chi connectivity index (χ2v) is 10.7. The van der Waals surface area contributed by atoms with Crippen molar-refractivity contribution in [2.24, 2.45) is 0 Å². The van der Waals surface area contributed by atoms with Crippen LogP contribution in [-0.2, 0) is 16.1 Å². The third kappa shape index (κ3) is 3.94. The number of benzene rings is 2. The summed E-state index contributed by atoms with van der Waals surface area (Å²) in [4.78, 5) is 41.0. The first-order valence-corrected chi connectivity index (χ1v) is 12.6. The van der Waals surface area contributed by atoms with E-state index in [2.05, 4.69) is 10.3 Å². The number of H-pyrrole nitrogens is 1. The van der Waals surface area contributed by atoms with E-state index in [1.54, 1.807) is 34.8 Å². The second-order valence-electron chi connectivity index (χ2n) is 8.00. The fraction of sp³-hybridized carbons (Fsp3) is 0.160. The van der Waals surface area contributed by atoms with Gasteiger partial charge in [0.1, 0.15) is 0 Å². The molecule has 2 aromatic heterocycles. The number of aromatic nitrogens is 2. The summed E-state index contributed by atoms with van der Waals surface area (Å²) in [6.45, 7) is 4.04. The summed E-state index contributed by atoms with van der Waals surface area (Å²) in [5.41, 5.74) is 4.27. The molecule has 0 radical (unpaired) electrons. The van der Waals surface area contributed by atoms with E-state index in [1.165, 1.54) is 0 Å². The number of aromatic amines is 1. The van der Waals surface area contributed by atoms with E-state index in [4.69, 9.17) is 16.3 Å². The van der Waals surface area contributed by atoms with Crippen molar-refractivity contribution in [3.05, 3.63) is 85.9 Å². The Hall–Kier alpha value is -3.32. The standard InChI is InChI=1S/C25H20ClN3O4Se/c1-13-20(12-18-17-11-15(26)7-8-19(17)28-23(18)30)27-14(2)22(13)25(32)33-10-9-29-24(31)16-5-3-4-6-21(16)34-29/h3-8,11-12,27H,9-10H2,1-2H3,(H,28,30)/b18-12-. The van der Waals surface area contributed by atoms with Gasteiger partial charge < -0.3 is 0 Å². The number of carbonyl (C=O) groups excluding carboxylic acids is 2. The number of halogens is 1. The molecule has 0 aliphatic carbocycles. The van der Waals surface area contributed by atoms with Crippen LogP contribution in [-0.4, -0.2) is 41.8 Å². The van der Waals surface area contributed by atoms with Crippen LogP contribution in [0.3, 0.4) is 0 Å². The Morgan fingerprint density at radius 2 is 1.97 bits per heavy atom. The molecule has 172 valence electrons. The number of amides is 1. The molecule has 9 heteroatoms. The number of nitrogens with one attached hydrogen (secondary N) is 2. The van der Waals surface area contributed by atoms with Crippen molar-refractivity contribution in [2.45, 2.75) is 20.4 Å². The number of fused-ring (bicyclic) bond motifs is 2. The number of anilines is 1. The van der Waals surface area contributed by atoms with Gasteiger partial charge in [-0.25, -0.2) is 0 Å². The number of hydrogen-bond acceptors (Lipinski definition) is 4. The van der Waals surface area contributed by atoms with E-state index in [0.29, 0.717) is 50.9 Å². The van der Waals surface area contributed by atoms with Crippen molar-refractivity contribution < 1.29 is 14.3 Å². The van der Waals surface area contributed by atoms with Gasteiger partial charge in [0.15, 0.2) is 0 Å². The molecule has 1 aliphatic heterocycles. The van der Waals surface area contributed by atoms with Gasteiger partial charge >= 0.3 is 178 Å². The first-order chi connectivity index (χ1) is 16.3. The van der Waals surface area contributed by atoms with Gasteiger partial charge in [0, 0.05) is 5.02 Å². The predicted octanol–water partition coefficient (Wildman–Crippen LogP) is 4.01. The number of rotatable bonds is 5. The summed E-state index contributed by atoms with van der Waals surface area (Å²) in [6, 6.07) is 12.8. The van der Waals surface area contributed by atoms with E-state index >= 15 is 0 Å². The van der Waals surface area contributed by atoms with Crippen LogP contribution in [0.2, 0.25) is 5.02 Å². The Labute approximate surface area is 206 Å². The second kappa shape index (κ2) is 8.80. The molecule has 0 bridgehead atoms. The van der Waals surface area contributed by atoms with E-state index in [1.807, 2.05) is 31.2 Å². The molecule has 0 spiro atoms. The van der Waals surface area contributed by atoms with Gasteiger partial charge in [-0.05, 0) is 12.1 Å². The van der Waals surface area contributed by atoms with Crippen LogP contribution in [0, 0.1) is 13.8 Å². The molecule has 1 amide bonds. The van der Waals surface area contributed by atoms with Gasteiger partial charge in [-0.1, -0.05) is 11.6 Å². The average Bonchev–Trinajstić information content (AvgIpc) is 3.39. The molecule has 4 aromatic rings. The van der Waals surface area contributed by atoms with E-state index in [9.17, 15) is 14.4 Å². The molecule has 34 heavy (non-hydrogen) atoms. The first kappa shape index (κ1) is 22.5. The van der Waals surface area contributed by atoms with Gasteiger partial charge in [0.05, 0.1) is 0 Å². The third-order valence-corrected chi connectivity index (χ3v) is 8.40. The van der Waals surface area contributed by atoms with Gasteiger partial charge in [0.2, 0.25) is 0 Å². The summed E-state index contributed by atoms with van der Waals surface area (Å²) in [7, 11) is 0. The molecule has 5 rings (SSSR count). The molecule has 0 fully saturated rings. The van der Waals surface area contributed by atoms with Crippen molar-refractivity contribution >= 4 is 65.2 Å². The van der Waals surface area contributed by atoms with Crippen molar-refractivity contribution in [3.63, 3.8) is 0 Å². The van der Waals surface area contributed by atoms with Gasteiger partial charge in [0.25, 0.3) is 0 Å². The quantitative estimate of drug-likeness (QED) is 0.227. The van der Waals surface area contributed by atoms with Crippen molar-refractivity contribution in [2.75, 3.05) is 11.9 Å². The van der Waals surface area contributed by atoms with Crippen LogP contribution >= 0.6 is 11.6 Å². The maximum absolute atomic E-state index is 12.9. The SMILES string of the molecule is Cc1[nH]c(/C=C2\C(=O)Nc3ccc(Cl)cc32)c(C)c1C(=O)OCCn1[se]c2ccccc2c1=O. The van der Waals surface area contributed by atoms with Crippen LogP contribution in [0.4, 0.5) is 5.69 Å². The molecule has 1 aliphatic rings. The molecular formula is C25H20ClN3O4Se. The van der Waals surface area contributed by atoms with Crippen LogP contribution in [0.15, 0.2) is 47.3 Å². The summed E-state index contributed by atoms with van der Waals surface area (Å²) in [5, 5.41) is 4.08. The molecule has 2 aromatic carbocycles. The molecule has 0 saturated carbocycles. The summed E-state index contributed by atoms with van der Waals surface area (Å²) >= 11 is 6.00. The minimum absolute atomic E-state index is 0.0233. The topological polar surface area (TPSA) is 93.2 Å². The Morgan fingerprint density at radius 3 is 2.76 bits per heavy atom. The molecule has 0 unspecified atom stereocenters. The van der Waals surface area contributed by atoms with Crippen molar-refractivity contribution in [1.29, 1.82) is 0 Å². The fourth-order valence-corrected chi connectivity index (χ4v) is 6.35. The number of esters is 1. The maximum atomic E-state index is 12.9. The van der Waals surface area contributed by atoms with Crippen LogP contribution in [0.1, 0.15) is 32.9 Å². The van der Waals surface area contributed by atoms with Crippen molar-refractivity contribution in [1.82, 2.24) is 8.55 Å². The normalized spacial score (nSPS) is 14.0. The number of hydrogen-bond donors (Lipinski definition) is 2. The number of carbonyl (C=O) groups is 2. The Balaban J connectivity index is 1.35. The Bertz CT molecular complexity index is 1560. The van der Waals surface area contributed by atoms with Gasteiger partial charge in [-0.3, -0.25) is 0 Å². The molecule has 2 N–H and O–H groups in total. The molecule has 3 heterocycles. The zero-order chi connectivity index (χ0) is 24.0. The van der Waals surface area contributed by atoms with E-state index in [0.717, 1.165) is 9.65 Å². The van der Waals surface area contributed by atoms with Gasteiger partial charge in [-0.15, -0.1) is 0 Å². The summed E-state index contributed by atoms with van der Waals surface area (Å²) in [5.74, 6) is -0.696. The number of aryl methyl sites for hydroxylation is 1. The number of ether oxygens (including phenoxy) is 1. The monoisotopic (exact) mass is 541 g/mol. The molecular weight excluding hydrogens is 521 g/mol. The molecule has 0 saturated heterocycles. The van der Waals surface area contributed by atoms with Gasteiger partial charge in [-0.2, -0.15) is 0 Å².